The number of benzene rings is 3. The van der Waals surface area contributed by atoms with Gasteiger partial charge in [0, 0.05) is 18.7 Å². The molecule has 0 bridgehead atoms. The van der Waals surface area contributed by atoms with E-state index in [-0.39, 0.29) is 23.2 Å². The van der Waals surface area contributed by atoms with Crippen molar-refractivity contribution >= 4 is 48.3 Å². The molecule has 212 valence electrons. The number of nitrogens with zero attached hydrogens (tertiary/aromatic N) is 4. The van der Waals surface area contributed by atoms with Crippen LogP contribution in [0.2, 0.25) is 0 Å². The lowest BCUT2D eigenvalue weighted by Crippen LogP contribution is -3.00. The van der Waals surface area contributed by atoms with Crippen molar-refractivity contribution in [3.63, 3.8) is 0 Å². The number of carbonyl (C=O) groups excluding carboxylic acids is 1. The van der Waals surface area contributed by atoms with E-state index in [0.29, 0.717) is 35.1 Å². The molecular weight excluding hydrogens is 568 g/mol. The number of thiazole rings is 1. The van der Waals surface area contributed by atoms with Gasteiger partial charge in [-0.25, -0.2) is 13.4 Å². The number of rotatable bonds is 9. The number of fused-ring (bicyclic) bond motifs is 2. The third kappa shape index (κ3) is 5.95. The molecule has 1 aromatic heterocycles. The highest BCUT2D eigenvalue weighted by atomic mass is 35.5. The smallest absolute Gasteiger partial charge is 0.264 e. The zero-order valence-corrected chi connectivity index (χ0v) is 25.1. The van der Waals surface area contributed by atoms with Crippen molar-refractivity contribution in [3.05, 3.63) is 77.9 Å². The summed E-state index contributed by atoms with van der Waals surface area (Å²) in [5, 5.41) is 0.583. The average molecular weight is 600 g/mol. The maximum atomic E-state index is 13.8. The first kappa shape index (κ1) is 29.8. The van der Waals surface area contributed by atoms with E-state index in [1.165, 1.54) is 27.8 Å². The number of sulfonamides is 1. The fourth-order valence-electron chi connectivity index (χ4n) is 4.82. The van der Waals surface area contributed by atoms with Crippen molar-refractivity contribution in [1.29, 1.82) is 0 Å². The second-order valence-electron chi connectivity index (χ2n) is 9.75. The van der Waals surface area contributed by atoms with E-state index in [2.05, 4.69) is 4.90 Å². The van der Waals surface area contributed by atoms with Crippen molar-refractivity contribution in [2.75, 3.05) is 50.0 Å². The maximum absolute atomic E-state index is 13.8. The van der Waals surface area contributed by atoms with Gasteiger partial charge in [-0.05, 0) is 87.9 Å². The standard InChI is InChI=1S/C29H32N4O4S2.ClH/c1-31(2)18-8-19-32(29-30-27-25(37-3)12-6-13-26(27)38-29)28(34)22-14-16-23(17-15-22)39(35,36)33-20-7-10-21-9-4-5-11-24(21)33;/h4-6,9,11-17H,7-8,10,18-20H2,1-3H3;1H/p-1. The molecular formula is C29H32ClN4O4S2-. The number of hydrogen-bond donors (Lipinski definition) is 0. The molecule has 2 heterocycles. The highest BCUT2D eigenvalue weighted by Gasteiger charge is 2.29. The number of ether oxygens (including phenoxy) is 1. The molecule has 40 heavy (non-hydrogen) atoms. The van der Waals surface area contributed by atoms with E-state index >= 15 is 0 Å². The van der Waals surface area contributed by atoms with Crippen molar-refractivity contribution in [3.8, 4) is 5.75 Å². The quantitative estimate of drug-likeness (QED) is 0.293. The number of amides is 1. The second kappa shape index (κ2) is 12.6. The predicted octanol–water partition coefficient (Wildman–Crippen LogP) is 2.05. The van der Waals surface area contributed by atoms with E-state index in [4.69, 9.17) is 9.72 Å². The number of carbonyl (C=O) groups is 1. The Bertz CT molecular complexity index is 1590. The Morgan fingerprint density at radius 3 is 2.50 bits per heavy atom. The first-order valence-electron chi connectivity index (χ1n) is 12.9. The van der Waals surface area contributed by atoms with Gasteiger partial charge in [-0.3, -0.25) is 14.0 Å². The normalized spacial score (nSPS) is 13.2. The topological polar surface area (TPSA) is 83.0 Å². The molecule has 0 unspecified atom stereocenters. The molecule has 8 nitrogen and oxygen atoms in total. The molecule has 11 heteroatoms. The molecule has 0 radical (unpaired) electrons. The van der Waals surface area contributed by atoms with Crippen LogP contribution in [-0.2, 0) is 16.4 Å². The monoisotopic (exact) mass is 599 g/mol. The van der Waals surface area contributed by atoms with Gasteiger partial charge in [0.15, 0.2) is 5.13 Å². The van der Waals surface area contributed by atoms with Crippen LogP contribution in [0.1, 0.15) is 28.8 Å². The Morgan fingerprint density at radius 2 is 1.77 bits per heavy atom. The molecule has 0 fully saturated rings. The van der Waals surface area contributed by atoms with Crippen molar-refractivity contribution in [2.45, 2.75) is 24.2 Å². The molecule has 0 saturated carbocycles. The summed E-state index contributed by atoms with van der Waals surface area (Å²) in [7, 11) is 1.83. The zero-order chi connectivity index (χ0) is 27.6. The van der Waals surface area contributed by atoms with Crippen LogP contribution in [0.3, 0.4) is 0 Å². The highest BCUT2D eigenvalue weighted by Crippen LogP contribution is 2.35. The Balaban J connectivity index is 0.00000370. The van der Waals surface area contributed by atoms with E-state index in [1.807, 2.05) is 56.6 Å². The molecule has 0 aliphatic carbocycles. The van der Waals surface area contributed by atoms with E-state index in [0.717, 1.165) is 41.8 Å². The number of hydrogen-bond acceptors (Lipinski definition) is 7. The Morgan fingerprint density at radius 1 is 1.02 bits per heavy atom. The van der Waals surface area contributed by atoms with E-state index in [9.17, 15) is 13.2 Å². The van der Waals surface area contributed by atoms with Crippen LogP contribution in [0.15, 0.2) is 71.6 Å². The summed E-state index contributed by atoms with van der Waals surface area (Å²) in [5.74, 6) is 0.434. The van der Waals surface area contributed by atoms with Gasteiger partial charge in [0.2, 0.25) is 0 Å². The number of methoxy groups -OCH3 is 1. The summed E-state index contributed by atoms with van der Waals surface area (Å²) < 4.78 is 35.0. The summed E-state index contributed by atoms with van der Waals surface area (Å²) in [6, 6.07) is 19.6. The minimum Gasteiger partial charge on any atom is -1.00 e. The van der Waals surface area contributed by atoms with Gasteiger partial charge in [0.25, 0.3) is 15.9 Å². The molecule has 0 spiro atoms. The molecule has 0 atom stereocenters. The number of aryl methyl sites for hydroxylation is 1. The van der Waals surface area contributed by atoms with Gasteiger partial charge >= 0.3 is 0 Å². The summed E-state index contributed by atoms with van der Waals surface area (Å²) in [6.07, 6.45) is 2.38. The third-order valence-corrected chi connectivity index (χ3v) is 9.68. The molecule has 4 aromatic rings. The van der Waals surface area contributed by atoms with Crippen molar-refractivity contribution in [1.82, 2.24) is 9.88 Å². The lowest BCUT2D eigenvalue weighted by Gasteiger charge is -2.30. The minimum atomic E-state index is -3.76. The van der Waals surface area contributed by atoms with Gasteiger partial charge in [-0.2, -0.15) is 0 Å². The van der Waals surface area contributed by atoms with Crippen molar-refractivity contribution < 1.29 is 30.4 Å². The average Bonchev–Trinajstić information content (AvgIpc) is 3.39. The number of para-hydroxylation sites is 2. The Labute approximate surface area is 245 Å². The molecule has 0 saturated heterocycles. The zero-order valence-electron chi connectivity index (χ0n) is 22.7. The fraction of sp³-hybridized carbons (Fsp3) is 0.310. The van der Waals surface area contributed by atoms with Gasteiger partial charge in [-0.1, -0.05) is 35.6 Å². The summed E-state index contributed by atoms with van der Waals surface area (Å²) in [4.78, 5) is 22.4. The fourth-order valence-corrected chi connectivity index (χ4v) is 7.37. The second-order valence-corrected chi connectivity index (χ2v) is 12.6. The SMILES string of the molecule is COc1cccc2sc(N(CCCN(C)C)C(=O)c3ccc(S(=O)(=O)N4CCCc5ccccc54)cc3)nc12.[Cl-]. The van der Waals surface area contributed by atoms with Crippen LogP contribution in [-0.4, -0.2) is 65.0 Å². The van der Waals surface area contributed by atoms with Gasteiger partial charge in [0.1, 0.15) is 11.3 Å². The first-order chi connectivity index (χ1) is 18.8. The number of halogens is 1. The molecule has 1 amide bonds. The van der Waals surface area contributed by atoms with E-state index in [1.54, 1.807) is 24.1 Å². The van der Waals surface area contributed by atoms with Gasteiger partial charge in [-0.15, -0.1) is 0 Å². The lowest BCUT2D eigenvalue weighted by atomic mass is 10.0. The molecule has 5 rings (SSSR count). The summed E-state index contributed by atoms with van der Waals surface area (Å²) in [6.45, 7) is 1.72. The minimum absolute atomic E-state index is 0. The van der Waals surface area contributed by atoms with Crippen LogP contribution in [0.4, 0.5) is 10.8 Å². The van der Waals surface area contributed by atoms with Crippen LogP contribution >= 0.6 is 11.3 Å². The summed E-state index contributed by atoms with van der Waals surface area (Å²) in [5.41, 5.74) is 2.87. The predicted molar refractivity (Wildman–Crippen MR) is 157 cm³/mol. The largest absolute Gasteiger partial charge is 1.00 e. The van der Waals surface area contributed by atoms with Gasteiger partial charge < -0.3 is 22.0 Å². The van der Waals surface area contributed by atoms with Crippen LogP contribution in [0, 0.1) is 0 Å². The maximum Gasteiger partial charge on any atom is 0.264 e. The third-order valence-electron chi connectivity index (χ3n) is 6.81. The molecule has 3 aromatic carbocycles. The van der Waals surface area contributed by atoms with Gasteiger partial charge in [0.05, 0.1) is 22.4 Å². The molecule has 0 N–H and O–H groups in total. The van der Waals surface area contributed by atoms with E-state index < -0.39 is 10.0 Å². The van der Waals surface area contributed by atoms with Crippen LogP contribution in [0.25, 0.3) is 10.2 Å². The Kier molecular flexibility index (Phi) is 9.35. The van der Waals surface area contributed by atoms with Crippen LogP contribution in [0.5, 0.6) is 5.75 Å². The lowest BCUT2D eigenvalue weighted by molar-refractivity contribution is -0.0000180. The number of aromatic nitrogens is 1. The van der Waals surface area contributed by atoms with Crippen LogP contribution < -0.4 is 26.3 Å². The summed E-state index contributed by atoms with van der Waals surface area (Å²) >= 11 is 1.43. The first-order valence-corrected chi connectivity index (χ1v) is 15.2. The molecule has 1 aliphatic rings. The van der Waals surface area contributed by atoms with Crippen molar-refractivity contribution in [2.24, 2.45) is 0 Å². The Hall–Kier alpha value is -3.18. The molecule has 1 aliphatic heterocycles. The number of anilines is 2. The highest BCUT2D eigenvalue weighted by molar-refractivity contribution is 7.92.